The normalized spacial score (nSPS) is 11.2. The highest BCUT2D eigenvalue weighted by molar-refractivity contribution is 6.09. The van der Waals surface area contributed by atoms with Crippen LogP contribution in [0.15, 0.2) is 78.9 Å². The molecular weight excluding hydrogens is 358 g/mol. The van der Waals surface area contributed by atoms with Crippen molar-refractivity contribution in [1.82, 2.24) is 4.90 Å². The number of ether oxygens (including phenoxy) is 1. The third kappa shape index (κ3) is 5.66. The summed E-state index contributed by atoms with van der Waals surface area (Å²) in [7, 11) is 5.73. The molecular formula is C26H27NO2. The molecule has 0 saturated heterocycles. The van der Waals surface area contributed by atoms with Gasteiger partial charge in [0.05, 0.1) is 12.7 Å². The van der Waals surface area contributed by atoms with E-state index in [1.165, 1.54) is 5.56 Å². The van der Waals surface area contributed by atoms with E-state index in [4.69, 9.17) is 4.74 Å². The van der Waals surface area contributed by atoms with Crippen LogP contribution in [0.5, 0.6) is 5.75 Å². The van der Waals surface area contributed by atoms with E-state index >= 15 is 0 Å². The maximum absolute atomic E-state index is 12.9. The lowest BCUT2D eigenvalue weighted by molar-refractivity contribution is 0.104. The van der Waals surface area contributed by atoms with Crippen LogP contribution in [-0.2, 0) is 6.42 Å². The summed E-state index contributed by atoms with van der Waals surface area (Å²) >= 11 is 0. The fraction of sp³-hybridized carbons (Fsp3) is 0.192. The first kappa shape index (κ1) is 20.6. The molecule has 0 aliphatic heterocycles. The number of methoxy groups -OCH3 is 1. The average Bonchev–Trinajstić information content (AvgIpc) is 2.76. The van der Waals surface area contributed by atoms with E-state index in [9.17, 15) is 4.79 Å². The molecule has 3 rings (SSSR count). The van der Waals surface area contributed by atoms with Crippen molar-refractivity contribution in [2.24, 2.45) is 0 Å². The molecule has 3 aromatic rings. The lowest BCUT2D eigenvalue weighted by Gasteiger charge is -2.09. The smallest absolute Gasteiger partial charge is 0.189 e. The van der Waals surface area contributed by atoms with Gasteiger partial charge in [-0.3, -0.25) is 4.79 Å². The Morgan fingerprint density at radius 1 is 0.931 bits per heavy atom. The van der Waals surface area contributed by atoms with E-state index in [1.54, 1.807) is 13.2 Å². The van der Waals surface area contributed by atoms with Crippen LogP contribution in [0, 0.1) is 0 Å². The van der Waals surface area contributed by atoms with E-state index in [-0.39, 0.29) is 5.78 Å². The second-order valence-corrected chi connectivity index (χ2v) is 7.27. The molecule has 3 aromatic carbocycles. The highest BCUT2D eigenvalue weighted by atomic mass is 16.5. The predicted octanol–water partition coefficient (Wildman–Crippen LogP) is 5.36. The molecule has 148 valence electrons. The van der Waals surface area contributed by atoms with Crippen LogP contribution < -0.4 is 4.74 Å². The van der Waals surface area contributed by atoms with E-state index in [0.29, 0.717) is 11.3 Å². The summed E-state index contributed by atoms with van der Waals surface area (Å²) in [5, 5.41) is 0. The van der Waals surface area contributed by atoms with Crippen molar-refractivity contribution in [3.05, 3.63) is 95.6 Å². The van der Waals surface area contributed by atoms with E-state index < -0.39 is 0 Å². The molecule has 0 spiro atoms. The molecule has 0 unspecified atom stereocenters. The minimum absolute atomic E-state index is 0.0729. The van der Waals surface area contributed by atoms with Gasteiger partial charge in [-0.05, 0) is 61.0 Å². The first-order valence-corrected chi connectivity index (χ1v) is 9.76. The molecule has 0 fully saturated rings. The standard InChI is InChI=1S/C26H27NO2/c1-27(2)18-17-21-11-9-20(10-12-21)13-15-25(28)24-19-23(14-16-26(24)29-3)22-7-5-4-6-8-22/h4-16,19H,17-18H2,1-3H3. The van der Waals surface area contributed by atoms with Crippen LogP contribution in [0.2, 0.25) is 0 Å². The highest BCUT2D eigenvalue weighted by Gasteiger charge is 2.11. The molecule has 3 heteroatoms. The number of carbonyl (C=O) groups excluding carboxylic acids is 1. The molecule has 29 heavy (non-hydrogen) atoms. The number of nitrogens with zero attached hydrogens (tertiary/aromatic N) is 1. The first-order valence-electron chi connectivity index (χ1n) is 9.76. The Labute approximate surface area is 173 Å². The quantitative estimate of drug-likeness (QED) is 0.386. The van der Waals surface area contributed by atoms with Crippen LogP contribution in [0.4, 0.5) is 0 Å². The Morgan fingerprint density at radius 3 is 2.31 bits per heavy atom. The van der Waals surface area contributed by atoms with Crippen molar-refractivity contribution in [3.63, 3.8) is 0 Å². The van der Waals surface area contributed by atoms with Crippen LogP contribution in [-0.4, -0.2) is 38.4 Å². The summed E-state index contributed by atoms with van der Waals surface area (Å²) in [6, 6.07) is 24.1. The lowest BCUT2D eigenvalue weighted by Crippen LogP contribution is -2.14. The second-order valence-electron chi connectivity index (χ2n) is 7.27. The summed E-state index contributed by atoms with van der Waals surface area (Å²) in [5.41, 5.74) is 4.92. The minimum atomic E-state index is -0.0729. The van der Waals surface area contributed by atoms with E-state index in [1.807, 2.05) is 66.7 Å². The molecule has 3 nitrogen and oxygen atoms in total. The number of allylic oxidation sites excluding steroid dienone is 1. The summed E-state index contributed by atoms with van der Waals surface area (Å²) < 4.78 is 5.41. The molecule has 0 heterocycles. The Hall–Kier alpha value is -3.17. The number of rotatable bonds is 8. The zero-order valence-electron chi connectivity index (χ0n) is 17.3. The maximum atomic E-state index is 12.9. The van der Waals surface area contributed by atoms with Gasteiger partial charge in [0, 0.05) is 6.54 Å². The number of likely N-dealkylation sites (N-methyl/N-ethyl adjacent to an activating group) is 1. The molecule has 0 saturated carbocycles. The fourth-order valence-corrected chi connectivity index (χ4v) is 3.12. The lowest BCUT2D eigenvalue weighted by atomic mass is 10.00. The average molecular weight is 386 g/mol. The number of benzene rings is 3. The Morgan fingerprint density at radius 2 is 1.66 bits per heavy atom. The number of carbonyl (C=O) groups is 1. The van der Waals surface area contributed by atoms with Gasteiger partial charge in [-0.15, -0.1) is 0 Å². The number of hydrogen-bond donors (Lipinski definition) is 0. The van der Waals surface area contributed by atoms with Crippen molar-refractivity contribution < 1.29 is 9.53 Å². The van der Waals surface area contributed by atoms with Crippen molar-refractivity contribution >= 4 is 11.9 Å². The van der Waals surface area contributed by atoms with Crippen LogP contribution >= 0.6 is 0 Å². The van der Waals surface area contributed by atoms with Crippen LogP contribution in [0.3, 0.4) is 0 Å². The van der Waals surface area contributed by atoms with Crippen molar-refractivity contribution in [2.75, 3.05) is 27.7 Å². The van der Waals surface area contributed by atoms with Gasteiger partial charge in [0.25, 0.3) is 0 Å². The minimum Gasteiger partial charge on any atom is -0.496 e. The van der Waals surface area contributed by atoms with Crippen LogP contribution in [0.25, 0.3) is 17.2 Å². The number of ketones is 1. The first-order chi connectivity index (χ1) is 14.1. The SMILES string of the molecule is COc1ccc(-c2ccccc2)cc1C(=O)C=Cc1ccc(CCN(C)C)cc1. The third-order valence-electron chi connectivity index (χ3n) is 4.83. The summed E-state index contributed by atoms with van der Waals surface area (Å²) in [6.45, 7) is 1.02. The molecule has 0 amide bonds. The van der Waals surface area contributed by atoms with Gasteiger partial charge in [0.1, 0.15) is 5.75 Å². The third-order valence-corrected chi connectivity index (χ3v) is 4.83. The van der Waals surface area contributed by atoms with Crippen molar-refractivity contribution in [1.29, 1.82) is 0 Å². The van der Waals surface area contributed by atoms with Crippen LogP contribution in [0.1, 0.15) is 21.5 Å². The van der Waals surface area contributed by atoms with Crippen molar-refractivity contribution in [3.8, 4) is 16.9 Å². The predicted molar refractivity (Wildman–Crippen MR) is 120 cm³/mol. The Kier molecular flexibility index (Phi) is 6.99. The molecule has 0 atom stereocenters. The monoisotopic (exact) mass is 385 g/mol. The maximum Gasteiger partial charge on any atom is 0.189 e. The summed E-state index contributed by atoms with van der Waals surface area (Å²) in [4.78, 5) is 15.0. The molecule has 0 aliphatic rings. The van der Waals surface area contributed by atoms with Crippen molar-refractivity contribution in [2.45, 2.75) is 6.42 Å². The van der Waals surface area contributed by atoms with E-state index in [2.05, 4.69) is 31.1 Å². The van der Waals surface area contributed by atoms with Gasteiger partial charge in [-0.1, -0.05) is 66.7 Å². The second kappa shape index (κ2) is 9.85. The molecule has 0 aliphatic carbocycles. The fourth-order valence-electron chi connectivity index (χ4n) is 3.12. The summed E-state index contributed by atoms with van der Waals surface area (Å²) in [6.07, 6.45) is 4.48. The van der Waals surface area contributed by atoms with E-state index in [0.717, 1.165) is 29.7 Å². The van der Waals surface area contributed by atoms with Gasteiger partial charge in [-0.2, -0.15) is 0 Å². The Bertz CT molecular complexity index is 973. The topological polar surface area (TPSA) is 29.5 Å². The van der Waals surface area contributed by atoms with Gasteiger partial charge >= 0.3 is 0 Å². The van der Waals surface area contributed by atoms with Gasteiger partial charge < -0.3 is 9.64 Å². The Balaban J connectivity index is 1.77. The molecule has 0 bridgehead atoms. The van der Waals surface area contributed by atoms with Gasteiger partial charge in [0.15, 0.2) is 5.78 Å². The molecule has 0 aromatic heterocycles. The molecule has 0 radical (unpaired) electrons. The highest BCUT2D eigenvalue weighted by Crippen LogP contribution is 2.27. The van der Waals surface area contributed by atoms with Gasteiger partial charge in [-0.25, -0.2) is 0 Å². The zero-order chi connectivity index (χ0) is 20.6. The summed E-state index contributed by atoms with van der Waals surface area (Å²) in [5.74, 6) is 0.509. The zero-order valence-corrected chi connectivity index (χ0v) is 17.3. The number of hydrogen-bond acceptors (Lipinski definition) is 3. The van der Waals surface area contributed by atoms with Gasteiger partial charge in [0.2, 0.25) is 0 Å². The molecule has 0 N–H and O–H groups in total. The largest absolute Gasteiger partial charge is 0.496 e.